The van der Waals surface area contributed by atoms with Gasteiger partial charge in [0.05, 0.1) is 0 Å². The van der Waals surface area contributed by atoms with Crippen LogP contribution in [0.1, 0.15) is 31.7 Å². The van der Waals surface area contributed by atoms with Crippen LogP contribution in [0.25, 0.3) is 0 Å². The van der Waals surface area contributed by atoms with Gasteiger partial charge in [-0.2, -0.15) is 0 Å². The normalized spacial score (nSPS) is 21.4. The highest BCUT2D eigenvalue weighted by Crippen LogP contribution is 2.39. The van der Waals surface area contributed by atoms with Crippen LogP contribution in [0.2, 0.25) is 0 Å². The molecule has 0 unspecified atom stereocenters. The Labute approximate surface area is 90.6 Å². The third kappa shape index (κ3) is 1.48. The van der Waals surface area contributed by atoms with Crippen LogP contribution in [0.15, 0.2) is 18.2 Å². The summed E-state index contributed by atoms with van der Waals surface area (Å²) < 4.78 is 6.14. The number of rotatable bonds is 2. The second-order valence-electron chi connectivity index (χ2n) is 4.86. The Kier molecular flexibility index (Phi) is 1.91. The number of benzene rings is 1. The molecule has 1 N–H and O–H groups in total. The van der Waals surface area contributed by atoms with Crippen molar-refractivity contribution in [1.29, 1.82) is 0 Å². The van der Waals surface area contributed by atoms with E-state index in [0.717, 1.165) is 18.7 Å². The van der Waals surface area contributed by atoms with E-state index < -0.39 is 0 Å². The van der Waals surface area contributed by atoms with Crippen LogP contribution in [-0.2, 0) is 6.42 Å². The minimum absolute atomic E-state index is 0.109. The van der Waals surface area contributed by atoms with Crippen molar-refractivity contribution in [2.45, 2.75) is 38.2 Å². The summed E-state index contributed by atoms with van der Waals surface area (Å²) in [6.45, 7) is 3.27. The molecule has 1 aliphatic carbocycles. The fourth-order valence-electron chi connectivity index (χ4n) is 2.45. The molecular formula is C13H17NO. The first-order chi connectivity index (χ1) is 7.27. The van der Waals surface area contributed by atoms with Gasteiger partial charge in [0.25, 0.3) is 0 Å². The number of nitrogens with one attached hydrogen (secondary N) is 1. The maximum absolute atomic E-state index is 6.14. The smallest absolute Gasteiger partial charge is 0.125 e. The monoisotopic (exact) mass is 203 g/mol. The van der Waals surface area contributed by atoms with Crippen LogP contribution >= 0.6 is 0 Å². The lowest BCUT2D eigenvalue weighted by Crippen LogP contribution is -2.39. The van der Waals surface area contributed by atoms with Crippen LogP contribution in [0.3, 0.4) is 0 Å². The zero-order chi connectivity index (χ0) is 10.3. The molecule has 0 radical (unpaired) electrons. The zero-order valence-corrected chi connectivity index (χ0v) is 9.18. The fraction of sp³-hybridized carbons (Fsp3) is 0.538. The summed E-state index contributed by atoms with van der Waals surface area (Å²) >= 11 is 0. The Hall–Kier alpha value is -1.18. The van der Waals surface area contributed by atoms with Gasteiger partial charge in [-0.15, -0.1) is 0 Å². The molecule has 0 aromatic heterocycles. The summed E-state index contributed by atoms with van der Waals surface area (Å²) in [6.07, 6.45) is 4.81. The van der Waals surface area contributed by atoms with Gasteiger partial charge in [-0.25, -0.2) is 0 Å². The van der Waals surface area contributed by atoms with E-state index in [2.05, 4.69) is 30.4 Å². The van der Waals surface area contributed by atoms with Crippen molar-refractivity contribution in [2.24, 2.45) is 0 Å². The molecule has 1 aromatic carbocycles. The first-order valence-corrected chi connectivity index (χ1v) is 5.82. The maximum Gasteiger partial charge on any atom is 0.125 e. The first-order valence-electron chi connectivity index (χ1n) is 5.82. The van der Waals surface area contributed by atoms with Gasteiger partial charge in [-0.1, -0.05) is 6.07 Å². The molecule has 1 aromatic rings. The standard InChI is InChI=1S/C13H17NO/c1-13(7-3-8-13)15-12-5-2-4-11-10(12)6-9-14-11/h2,4-5,14H,3,6-9H2,1H3. The molecule has 80 valence electrons. The number of fused-ring (bicyclic) bond motifs is 1. The van der Waals surface area contributed by atoms with Crippen LogP contribution in [-0.4, -0.2) is 12.1 Å². The first kappa shape index (κ1) is 9.08. The Morgan fingerprint density at radius 1 is 1.33 bits per heavy atom. The van der Waals surface area contributed by atoms with Crippen LogP contribution in [0.5, 0.6) is 5.75 Å². The Morgan fingerprint density at radius 2 is 2.20 bits per heavy atom. The molecule has 1 heterocycles. The molecule has 2 heteroatoms. The van der Waals surface area contributed by atoms with E-state index in [-0.39, 0.29) is 5.60 Å². The summed E-state index contributed by atoms with van der Waals surface area (Å²) in [6, 6.07) is 6.32. The average Bonchev–Trinajstić information content (AvgIpc) is 2.64. The lowest BCUT2D eigenvalue weighted by atomic mass is 9.82. The third-order valence-corrected chi connectivity index (χ3v) is 3.59. The van der Waals surface area contributed by atoms with Gasteiger partial charge < -0.3 is 10.1 Å². The topological polar surface area (TPSA) is 21.3 Å². The Bertz CT molecular complexity index is 382. The highest BCUT2D eigenvalue weighted by molar-refractivity contribution is 5.61. The van der Waals surface area contributed by atoms with Gasteiger partial charge in [0, 0.05) is 17.8 Å². The molecular weight excluding hydrogens is 186 g/mol. The van der Waals surface area contributed by atoms with E-state index in [9.17, 15) is 0 Å². The molecule has 2 aliphatic rings. The van der Waals surface area contributed by atoms with E-state index in [4.69, 9.17) is 4.74 Å². The van der Waals surface area contributed by atoms with Gasteiger partial charge >= 0.3 is 0 Å². The summed E-state index contributed by atoms with van der Waals surface area (Å²) in [5, 5.41) is 3.38. The average molecular weight is 203 g/mol. The summed E-state index contributed by atoms with van der Waals surface area (Å²) in [5.41, 5.74) is 2.73. The summed E-state index contributed by atoms with van der Waals surface area (Å²) in [4.78, 5) is 0. The molecule has 0 bridgehead atoms. The molecule has 2 nitrogen and oxygen atoms in total. The number of ether oxygens (including phenoxy) is 1. The molecule has 1 fully saturated rings. The Morgan fingerprint density at radius 3 is 2.93 bits per heavy atom. The quantitative estimate of drug-likeness (QED) is 0.797. The molecule has 0 amide bonds. The SMILES string of the molecule is CC1(Oc2cccc3c2CCN3)CCC1. The fourth-order valence-corrected chi connectivity index (χ4v) is 2.45. The van der Waals surface area contributed by atoms with Crippen LogP contribution in [0.4, 0.5) is 5.69 Å². The van der Waals surface area contributed by atoms with Crippen molar-refractivity contribution in [3.63, 3.8) is 0 Å². The van der Waals surface area contributed by atoms with Crippen molar-refractivity contribution in [3.8, 4) is 5.75 Å². The minimum Gasteiger partial charge on any atom is -0.487 e. The van der Waals surface area contributed by atoms with Crippen molar-refractivity contribution >= 4 is 5.69 Å². The molecule has 0 saturated heterocycles. The predicted molar refractivity (Wildman–Crippen MR) is 61.5 cm³/mol. The lowest BCUT2D eigenvalue weighted by Gasteiger charge is -2.39. The third-order valence-electron chi connectivity index (χ3n) is 3.59. The number of anilines is 1. The second kappa shape index (κ2) is 3.16. The maximum atomic E-state index is 6.14. The highest BCUT2D eigenvalue weighted by atomic mass is 16.5. The molecule has 0 spiro atoms. The van der Waals surface area contributed by atoms with Crippen molar-refractivity contribution < 1.29 is 4.74 Å². The van der Waals surface area contributed by atoms with Crippen LogP contribution < -0.4 is 10.1 Å². The van der Waals surface area contributed by atoms with E-state index in [1.807, 2.05) is 0 Å². The number of hydrogen-bond donors (Lipinski definition) is 1. The molecule has 0 atom stereocenters. The zero-order valence-electron chi connectivity index (χ0n) is 9.18. The Balaban J connectivity index is 1.89. The van der Waals surface area contributed by atoms with Gasteiger partial charge in [-0.05, 0) is 44.7 Å². The predicted octanol–water partition coefficient (Wildman–Crippen LogP) is 2.98. The lowest BCUT2D eigenvalue weighted by molar-refractivity contribution is 0.0106. The van der Waals surface area contributed by atoms with E-state index >= 15 is 0 Å². The summed E-state index contributed by atoms with van der Waals surface area (Å²) in [5.74, 6) is 1.10. The van der Waals surface area contributed by atoms with E-state index in [1.54, 1.807) is 0 Å². The van der Waals surface area contributed by atoms with Crippen molar-refractivity contribution in [2.75, 3.05) is 11.9 Å². The molecule has 1 aliphatic heterocycles. The highest BCUT2D eigenvalue weighted by Gasteiger charge is 2.34. The van der Waals surface area contributed by atoms with Crippen molar-refractivity contribution in [3.05, 3.63) is 23.8 Å². The van der Waals surface area contributed by atoms with Gasteiger partial charge in [0.2, 0.25) is 0 Å². The molecule has 15 heavy (non-hydrogen) atoms. The van der Waals surface area contributed by atoms with Gasteiger partial charge in [-0.3, -0.25) is 0 Å². The van der Waals surface area contributed by atoms with E-state index in [1.165, 1.54) is 30.5 Å². The van der Waals surface area contributed by atoms with Crippen molar-refractivity contribution in [1.82, 2.24) is 0 Å². The largest absolute Gasteiger partial charge is 0.487 e. The van der Waals surface area contributed by atoms with Gasteiger partial charge in [0.15, 0.2) is 0 Å². The second-order valence-corrected chi connectivity index (χ2v) is 4.86. The molecule has 1 saturated carbocycles. The minimum atomic E-state index is 0.109. The molecule has 3 rings (SSSR count). The summed E-state index contributed by atoms with van der Waals surface area (Å²) in [7, 11) is 0. The van der Waals surface area contributed by atoms with Gasteiger partial charge in [0.1, 0.15) is 11.4 Å². The van der Waals surface area contributed by atoms with E-state index in [0.29, 0.717) is 0 Å². The van der Waals surface area contributed by atoms with Crippen LogP contribution in [0, 0.1) is 0 Å². The number of hydrogen-bond acceptors (Lipinski definition) is 2.